The quantitative estimate of drug-likeness (QED) is 0.404. The molecule has 0 aliphatic heterocycles. The zero-order chi connectivity index (χ0) is 18.6. The van der Waals surface area contributed by atoms with E-state index < -0.39 is 5.56 Å². The van der Waals surface area contributed by atoms with Gasteiger partial charge in [-0.15, -0.1) is 0 Å². The Bertz CT molecular complexity index is 1160. The van der Waals surface area contributed by atoms with Crippen LogP contribution in [0.4, 0.5) is 5.69 Å². The number of fused-ring (bicyclic) bond motifs is 1. The molecule has 2 heterocycles. The van der Waals surface area contributed by atoms with Gasteiger partial charge in [0.1, 0.15) is 0 Å². The van der Waals surface area contributed by atoms with Crippen molar-refractivity contribution in [3.05, 3.63) is 101 Å². The molecule has 0 aliphatic rings. The first-order valence-electron chi connectivity index (χ1n) is 8.31. The number of ketones is 1. The summed E-state index contributed by atoms with van der Waals surface area (Å²) in [5, 5.41) is 0.771. The Morgan fingerprint density at radius 3 is 2.63 bits per heavy atom. The van der Waals surface area contributed by atoms with Crippen LogP contribution in [-0.2, 0) is 0 Å². The number of aromatic nitrogens is 2. The van der Waals surface area contributed by atoms with Crippen molar-refractivity contribution >= 4 is 34.3 Å². The molecule has 2 aromatic heterocycles. The summed E-state index contributed by atoms with van der Waals surface area (Å²) in [6.07, 6.45) is 3.48. The molecule has 0 saturated carbocycles. The zero-order valence-electron chi connectivity index (χ0n) is 14.2. The Morgan fingerprint density at radius 2 is 1.85 bits per heavy atom. The summed E-state index contributed by atoms with van der Waals surface area (Å²) in [5.41, 5.74) is 1.68. The fraction of sp³-hybridized carbons (Fsp3) is 0. The van der Waals surface area contributed by atoms with Crippen LogP contribution in [0.5, 0.6) is 0 Å². The number of carbonyl (C=O) groups is 1. The minimum Gasteiger partial charge on any atom is -0.325 e. The highest BCUT2D eigenvalue weighted by molar-refractivity contribution is 8.00. The molecule has 0 aliphatic carbocycles. The van der Waals surface area contributed by atoms with Crippen molar-refractivity contribution in [2.75, 3.05) is 4.72 Å². The SMILES string of the molecule is O=C(c1ccccc1)c1cc2c(NSc3cccnc3)cccc2[nH]c1=O. The van der Waals surface area contributed by atoms with Gasteiger partial charge in [-0.3, -0.25) is 14.6 Å². The Morgan fingerprint density at radius 1 is 1.00 bits per heavy atom. The van der Waals surface area contributed by atoms with Gasteiger partial charge in [0, 0.05) is 28.2 Å². The largest absolute Gasteiger partial charge is 0.325 e. The van der Waals surface area contributed by atoms with Crippen molar-refractivity contribution < 1.29 is 4.79 Å². The molecule has 0 atom stereocenters. The van der Waals surface area contributed by atoms with E-state index in [0.717, 1.165) is 16.0 Å². The summed E-state index contributed by atoms with van der Waals surface area (Å²) < 4.78 is 3.27. The van der Waals surface area contributed by atoms with Gasteiger partial charge in [-0.05, 0) is 42.3 Å². The lowest BCUT2D eigenvalue weighted by atomic mass is 10.0. The van der Waals surface area contributed by atoms with Crippen molar-refractivity contribution in [2.24, 2.45) is 0 Å². The van der Waals surface area contributed by atoms with Crippen molar-refractivity contribution in [3.8, 4) is 0 Å². The van der Waals surface area contributed by atoms with Crippen molar-refractivity contribution in [2.45, 2.75) is 4.90 Å². The van der Waals surface area contributed by atoms with E-state index >= 15 is 0 Å². The van der Waals surface area contributed by atoms with Crippen LogP contribution in [0.25, 0.3) is 10.9 Å². The molecule has 0 unspecified atom stereocenters. The lowest BCUT2D eigenvalue weighted by Crippen LogP contribution is -2.18. The first-order valence-corrected chi connectivity index (χ1v) is 9.13. The van der Waals surface area contributed by atoms with Gasteiger partial charge >= 0.3 is 0 Å². The highest BCUT2D eigenvalue weighted by atomic mass is 32.2. The second-order valence-corrected chi connectivity index (χ2v) is 6.75. The molecule has 0 bridgehead atoms. The molecule has 4 aromatic rings. The van der Waals surface area contributed by atoms with E-state index in [1.807, 2.05) is 36.4 Å². The maximum absolute atomic E-state index is 12.7. The molecular formula is C21H15N3O2S. The topological polar surface area (TPSA) is 74.8 Å². The predicted molar refractivity (Wildman–Crippen MR) is 108 cm³/mol. The van der Waals surface area contributed by atoms with Gasteiger partial charge in [0.15, 0.2) is 5.78 Å². The number of aromatic amines is 1. The normalized spacial score (nSPS) is 10.7. The molecule has 132 valence electrons. The van der Waals surface area contributed by atoms with Gasteiger partial charge < -0.3 is 9.71 Å². The number of anilines is 1. The Balaban J connectivity index is 1.73. The number of carbonyl (C=O) groups excluding carboxylic acids is 1. The third-order valence-corrected chi connectivity index (χ3v) is 4.88. The second kappa shape index (κ2) is 7.47. The lowest BCUT2D eigenvalue weighted by molar-refractivity contribution is 0.103. The molecule has 0 radical (unpaired) electrons. The number of hydrogen-bond donors (Lipinski definition) is 2. The molecule has 0 saturated heterocycles. The minimum atomic E-state index is -0.395. The lowest BCUT2D eigenvalue weighted by Gasteiger charge is -2.10. The van der Waals surface area contributed by atoms with Crippen molar-refractivity contribution in [1.82, 2.24) is 9.97 Å². The predicted octanol–water partition coefficient (Wildman–Crippen LogP) is 4.27. The monoisotopic (exact) mass is 373 g/mol. The van der Waals surface area contributed by atoms with E-state index in [0.29, 0.717) is 11.1 Å². The minimum absolute atomic E-state index is 0.120. The molecular weight excluding hydrogens is 358 g/mol. The number of nitrogens with one attached hydrogen (secondary N) is 2. The van der Waals surface area contributed by atoms with Crippen LogP contribution >= 0.6 is 11.9 Å². The van der Waals surface area contributed by atoms with Crippen LogP contribution in [0, 0.1) is 0 Å². The second-order valence-electron chi connectivity index (χ2n) is 5.87. The number of hydrogen-bond acceptors (Lipinski definition) is 5. The first kappa shape index (κ1) is 17.1. The number of pyridine rings is 2. The van der Waals surface area contributed by atoms with E-state index in [1.54, 1.807) is 42.7 Å². The molecule has 27 heavy (non-hydrogen) atoms. The van der Waals surface area contributed by atoms with Crippen LogP contribution in [0.1, 0.15) is 15.9 Å². The molecule has 6 heteroatoms. The Hall–Kier alpha value is -3.38. The number of nitrogens with zero attached hydrogens (tertiary/aromatic N) is 1. The average molecular weight is 373 g/mol. The maximum atomic E-state index is 12.7. The van der Waals surface area contributed by atoms with Crippen LogP contribution in [-0.4, -0.2) is 15.8 Å². The van der Waals surface area contributed by atoms with Gasteiger partial charge in [0.05, 0.1) is 16.8 Å². The molecule has 2 aromatic carbocycles. The summed E-state index contributed by atoms with van der Waals surface area (Å²) in [6.45, 7) is 0. The molecule has 4 rings (SSSR count). The molecule has 5 nitrogen and oxygen atoms in total. The number of benzene rings is 2. The highest BCUT2D eigenvalue weighted by Gasteiger charge is 2.15. The maximum Gasteiger partial charge on any atom is 0.259 e. The summed E-state index contributed by atoms with van der Waals surface area (Å²) in [6, 6.07) is 19.8. The molecule has 0 amide bonds. The van der Waals surface area contributed by atoms with Gasteiger partial charge in [-0.1, -0.05) is 36.4 Å². The highest BCUT2D eigenvalue weighted by Crippen LogP contribution is 2.27. The average Bonchev–Trinajstić information content (AvgIpc) is 2.72. The molecule has 0 spiro atoms. The summed E-state index contributed by atoms with van der Waals surface area (Å²) >= 11 is 1.41. The van der Waals surface area contributed by atoms with Crippen LogP contribution in [0.3, 0.4) is 0 Å². The van der Waals surface area contributed by atoms with E-state index in [2.05, 4.69) is 14.7 Å². The smallest absolute Gasteiger partial charge is 0.259 e. The molecule has 2 N–H and O–H groups in total. The Kier molecular flexibility index (Phi) is 4.72. The van der Waals surface area contributed by atoms with Gasteiger partial charge in [0.25, 0.3) is 5.56 Å². The van der Waals surface area contributed by atoms with E-state index in [1.165, 1.54) is 11.9 Å². The third kappa shape index (κ3) is 3.61. The fourth-order valence-corrected chi connectivity index (χ4v) is 3.42. The van der Waals surface area contributed by atoms with E-state index in [4.69, 9.17) is 0 Å². The number of rotatable bonds is 5. The standard InChI is InChI=1S/C21H15N3O2S/c25-20(14-6-2-1-3-7-14)17-12-16-18(23-21(17)26)9-4-10-19(16)24-27-15-8-5-11-22-13-15/h1-13,24H,(H,23,26). The van der Waals surface area contributed by atoms with Crippen LogP contribution in [0.15, 0.2) is 88.8 Å². The number of H-pyrrole nitrogens is 1. The van der Waals surface area contributed by atoms with E-state index in [-0.39, 0.29) is 11.3 Å². The summed E-state index contributed by atoms with van der Waals surface area (Å²) in [4.78, 5) is 33.0. The van der Waals surface area contributed by atoms with Gasteiger partial charge in [-0.2, -0.15) is 0 Å². The van der Waals surface area contributed by atoms with E-state index in [9.17, 15) is 9.59 Å². The van der Waals surface area contributed by atoms with Gasteiger partial charge in [-0.25, -0.2) is 0 Å². The first-order chi connectivity index (χ1) is 13.2. The van der Waals surface area contributed by atoms with Crippen molar-refractivity contribution in [3.63, 3.8) is 0 Å². The fourth-order valence-electron chi connectivity index (χ4n) is 2.75. The van der Waals surface area contributed by atoms with Crippen molar-refractivity contribution in [1.29, 1.82) is 0 Å². The van der Waals surface area contributed by atoms with Crippen LogP contribution < -0.4 is 10.3 Å². The molecule has 0 fully saturated rings. The third-order valence-electron chi connectivity index (χ3n) is 4.08. The van der Waals surface area contributed by atoms with Gasteiger partial charge in [0.2, 0.25) is 0 Å². The summed E-state index contributed by atoms with van der Waals surface area (Å²) in [7, 11) is 0. The Labute approximate surface area is 159 Å². The summed E-state index contributed by atoms with van der Waals surface area (Å²) in [5.74, 6) is -0.298. The zero-order valence-corrected chi connectivity index (χ0v) is 15.0. The van der Waals surface area contributed by atoms with Crippen LogP contribution in [0.2, 0.25) is 0 Å².